The first kappa shape index (κ1) is 21.2. The molecule has 3 aromatic carbocycles. The van der Waals surface area contributed by atoms with Crippen LogP contribution in [0.4, 0.5) is 0 Å². The number of aromatic nitrogens is 2. The van der Waals surface area contributed by atoms with Crippen molar-refractivity contribution in [1.82, 2.24) is 9.55 Å². The van der Waals surface area contributed by atoms with Crippen LogP contribution >= 0.6 is 11.8 Å². The van der Waals surface area contributed by atoms with Gasteiger partial charge in [-0.25, -0.2) is 4.98 Å². The fraction of sp³-hybridized carbons (Fsp3) is 0.192. The Bertz CT molecular complexity index is 1140. The zero-order valence-corrected chi connectivity index (χ0v) is 18.2. The van der Waals surface area contributed by atoms with Gasteiger partial charge >= 0.3 is 0 Å². The number of hydrogen-bond donors (Lipinski definition) is 1. The van der Waals surface area contributed by atoms with Gasteiger partial charge in [-0.3, -0.25) is 0 Å². The van der Waals surface area contributed by atoms with Crippen LogP contribution in [0, 0.1) is 0 Å². The molecule has 0 bridgehead atoms. The predicted octanol–water partition coefficient (Wildman–Crippen LogP) is 5.50. The van der Waals surface area contributed by atoms with E-state index in [1.54, 1.807) is 11.8 Å². The first-order valence-corrected chi connectivity index (χ1v) is 11.3. The van der Waals surface area contributed by atoms with E-state index in [9.17, 15) is 5.11 Å². The van der Waals surface area contributed by atoms with Gasteiger partial charge in [-0.1, -0.05) is 78.5 Å². The maximum Gasteiger partial charge on any atom is 0.169 e. The number of ether oxygens (including phenoxy) is 1. The number of para-hydroxylation sites is 3. The Hall–Kier alpha value is -3.02. The Balaban J connectivity index is 1.48. The van der Waals surface area contributed by atoms with Gasteiger partial charge in [0.2, 0.25) is 0 Å². The van der Waals surface area contributed by atoms with E-state index in [2.05, 4.69) is 23.3 Å². The van der Waals surface area contributed by atoms with Crippen LogP contribution in [0.5, 0.6) is 5.75 Å². The van der Waals surface area contributed by atoms with E-state index in [4.69, 9.17) is 9.72 Å². The lowest BCUT2D eigenvalue weighted by Crippen LogP contribution is -2.24. The zero-order chi connectivity index (χ0) is 21.5. The summed E-state index contributed by atoms with van der Waals surface area (Å²) in [6.45, 7) is 4.43. The molecule has 31 heavy (non-hydrogen) atoms. The van der Waals surface area contributed by atoms with Crippen molar-refractivity contribution in [3.63, 3.8) is 0 Å². The van der Waals surface area contributed by atoms with Gasteiger partial charge in [-0.2, -0.15) is 0 Å². The summed E-state index contributed by atoms with van der Waals surface area (Å²) >= 11 is 1.68. The molecule has 0 saturated carbocycles. The quantitative estimate of drug-likeness (QED) is 0.267. The third-order valence-electron chi connectivity index (χ3n) is 4.99. The summed E-state index contributed by atoms with van der Waals surface area (Å²) in [5.41, 5.74) is 4.26. The van der Waals surface area contributed by atoms with Gasteiger partial charge in [0.15, 0.2) is 5.16 Å². The minimum absolute atomic E-state index is 0.212. The molecule has 0 aliphatic rings. The Morgan fingerprint density at radius 1 is 1.00 bits per heavy atom. The summed E-state index contributed by atoms with van der Waals surface area (Å²) in [6, 6.07) is 26.3. The molecule has 0 fully saturated rings. The van der Waals surface area contributed by atoms with E-state index in [1.807, 2.05) is 72.8 Å². The molecular weight excluding hydrogens is 404 g/mol. The lowest BCUT2D eigenvalue weighted by Gasteiger charge is -2.17. The van der Waals surface area contributed by atoms with E-state index in [0.29, 0.717) is 6.54 Å². The van der Waals surface area contributed by atoms with Crippen LogP contribution in [0.2, 0.25) is 0 Å². The number of nitrogens with zero attached hydrogens (tertiary/aromatic N) is 2. The molecule has 0 radical (unpaired) electrons. The first-order chi connectivity index (χ1) is 15.2. The molecule has 4 aromatic rings. The standard InChI is InChI=1S/C26H26N2O2S/c1-2-10-21-13-6-9-16-25(21)30-18-22(29)17-28-24-15-8-7-14-23(24)27-26(28)31-19-20-11-4-3-5-12-20/h2-9,11-16,22,29H,1,10,17-19H2. The van der Waals surface area contributed by atoms with Crippen LogP contribution in [-0.2, 0) is 18.7 Å². The molecule has 1 atom stereocenters. The van der Waals surface area contributed by atoms with Crippen LogP contribution < -0.4 is 4.74 Å². The SMILES string of the molecule is C=CCc1ccccc1OCC(O)Cn1c(SCc2ccccc2)nc2ccccc21. The number of rotatable bonds is 10. The van der Waals surface area contributed by atoms with Crippen LogP contribution in [-0.4, -0.2) is 27.4 Å². The maximum absolute atomic E-state index is 10.8. The number of aliphatic hydroxyl groups excluding tert-OH is 1. The minimum Gasteiger partial charge on any atom is -0.491 e. The van der Waals surface area contributed by atoms with Gasteiger partial charge in [-0.15, -0.1) is 6.58 Å². The number of hydrogen-bond acceptors (Lipinski definition) is 4. The van der Waals surface area contributed by atoms with Gasteiger partial charge in [0.25, 0.3) is 0 Å². The van der Waals surface area contributed by atoms with Crippen molar-refractivity contribution in [3.05, 3.63) is 103 Å². The van der Waals surface area contributed by atoms with Crippen molar-refractivity contribution in [1.29, 1.82) is 0 Å². The van der Waals surface area contributed by atoms with Crippen LogP contribution in [0.15, 0.2) is 96.7 Å². The molecule has 158 valence electrons. The van der Waals surface area contributed by atoms with Gasteiger partial charge in [0, 0.05) is 5.75 Å². The molecule has 1 N–H and O–H groups in total. The van der Waals surface area contributed by atoms with E-state index in [-0.39, 0.29) is 6.61 Å². The van der Waals surface area contributed by atoms with Gasteiger partial charge in [0.05, 0.1) is 17.6 Å². The van der Waals surface area contributed by atoms with Crippen molar-refractivity contribution in [2.24, 2.45) is 0 Å². The molecule has 0 saturated heterocycles. The molecule has 1 heterocycles. The summed E-state index contributed by atoms with van der Waals surface area (Å²) in [4.78, 5) is 4.80. The number of aliphatic hydroxyl groups is 1. The fourth-order valence-electron chi connectivity index (χ4n) is 3.48. The molecule has 0 aliphatic heterocycles. The predicted molar refractivity (Wildman–Crippen MR) is 128 cm³/mol. The first-order valence-electron chi connectivity index (χ1n) is 10.4. The molecule has 4 nitrogen and oxygen atoms in total. The number of fused-ring (bicyclic) bond motifs is 1. The third kappa shape index (κ3) is 5.37. The lowest BCUT2D eigenvalue weighted by atomic mass is 10.1. The van der Waals surface area contributed by atoms with Crippen molar-refractivity contribution in [2.45, 2.75) is 30.0 Å². The van der Waals surface area contributed by atoms with Crippen LogP contribution in [0.1, 0.15) is 11.1 Å². The van der Waals surface area contributed by atoms with Gasteiger partial charge in [0.1, 0.15) is 18.5 Å². The summed E-state index contributed by atoms with van der Waals surface area (Å²) in [5, 5.41) is 11.7. The molecule has 4 rings (SSSR count). The van der Waals surface area contributed by atoms with Crippen molar-refractivity contribution >= 4 is 22.8 Å². The average molecular weight is 431 g/mol. The maximum atomic E-state index is 10.8. The highest BCUT2D eigenvalue weighted by molar-refractivity contribution is 7.98. The molecule has 5 heteroatoms. The van der Waals surface area contributed by atoms with Gasteiger partial charge in [-0.05, 0) is 35.7 Å². The van der Waals surface area contributed by atoms with E-state index < -0.39 is 6.10 Å². The fourth-order valence-corrected chi connectivity index (χ4v) is 4.46. The highest BCUT2D eigenvalue weighted by Gasteiger charge is 2.16. The summed E-state index contributed by atoms with van der Waals surface area (Å²) in [6.07, 6.45) is 1.93. The Morgan fingerprint density at radius 3 is 2.58 bits per heavy atom. The Morgan fingerprint density at radius 2 is 1.74 bits per heavy atom. The monoisotopic (exact) mass is 430 g/mol. The average Bonchev–Trinajstić information content (AvgIpc) is 3.15. The molecule has 0 aliphatic carbocycles. The number of thioether (sulfide) groups is 1. The molecule has 1 aromatic heterocycles. The van der Waals surface area contributed by atoms with E-state index in [1.165, 1.54) is 5.56 Å². The second-order valence-electron chi connectivity index (χ2n) is 7.33. The highest BCUT2D eigenvalue weighted by Crippen LogP contribution is 2.27. The highest BCUT2D eigenvalue weighted by atomic mass is 32.2. The Labute approximate surface area is 187 Å². The lowest BCUT2D eigenvalue weighted by molar-refractivity contribution is 0.0910. The molecule has 1 unspecified atom stereocenters. The van der Waals surface area contributed by atoms with E-state index in [0.717, 1.165) is 39.7 Å². The van der Waals surface area contributed by atoms with Crippen molar-refractivity contribution in [2.75, 3.05) is 6.61 Å². The number of allylic oxidation sites excluding steroid dienone is 1. The van der Waals surface area contributed by atoms with Crippen molar-refractivity contribution < 1.29 is 9.84 Å². The second kappa shape index (κ2) is 10.3. The second-order valence-corrected chi connectivity index (χ2v) is 8.28. The summed E-state index contributed by atoms with van der Waals surface area (Å²) in [7, 11) is 0. The van der Waals surface area contributed by atoms with Crippen LogP contribution in [0.3, 0.4) is 0 Å². The van der Waals surface area contributed by atoms with Crippen LogP contribution in [0.25, 0.3) is 11.0 Å². The number of imidazole rings is 1. The largest absolute Gasteiger partial charge is 0.491 e. The third-order valence-corrected chi connectivity index (χ3v) is 6.04. The minimum atomic E-state index is -0.662. The smallest absolute Gasteiger partial charge is 0.169 e. The Kier molecular flexibility index (Phi) is 7.07. The summed E-state index contributed by atoms with van der Waals surface area (Å²) < 4.78 is 8.03. The van der Waals surface area contributed by atoms with E-state index >= 15 is 0 Å². The molecule has 0 spiro atoms. The normalized spacial score (nSPS) is 12.0. The molecular formula is C26H26N2O2S. The summed E-state index contributed by atoms with van der Waals surface area (Å²) in [5.74, 6) is 1.61. The zero-order valence-electron chi connectivity index (χ0n) is 17.4. The van der Waals surface area contributed by atoms with Gasteiger partial charge < -0.3 is 14.4 Å². The topological polar surface area (TPSA) is 47.3 Å². The number of benzene rings is 3. The van der Waals surface area contributed by atoms with Crippen molar-refractivity contribution in [3.8, 4) is 5.75 Å². The molecule has 0 amide bonds.